The lowest BCUT2D eigenvalue weighted by Crippen LogP contribution is -2.07. The van der Waals surface area contributed by atoms with Crippen molar-refractivity contribution in [2.24, 2.45) is 0 Å². The Hall–Kier alpha value is -2.80. The molecule has 0 saturated heterocycles. The van der Waals surface area contributed by atoms with Crippen LogP contribution < -0.4 is 14.8 Å². The summed E-state index contributed by atoms with van der Waals surface area (Å²) in [6.45, 7) is 3.64. The largest absolute Gasteiger partial charge is 0.493 e. The van der Waals surface area contributed by atoms with Crippen LogP contribution in [0.4, 0.5) is 5.69 Å². The van der Waals surface area contributed by atoms with Crippen LogP contribution in [0.15, 0.2) is 36.7 Å². The van der Waals surface area contributed by atoms with Crippen molar-refractivity contribution >= 4 is 17.7 Å². The topological polar surface area (TPSA) is 74.6 Å². The van der Waals surface area contributed by atoms with Gasteiger partial charge in [0, 0.05) is 19.4 Å². The highest BCUT2D eigenvalue weighted by Gasteiger charge is 2.05. The lowest BCUT2D eigenvalue weighted by Gasteiger charge is -2.09. The van der Waals surface area contributed by atoms with E-state index >= 15 is 0 Å². The lowest BCUT2D eigenvalue weighted by atomic mass is 10.2. The molecule has 0 atom stereocenters. The smallest absolute Gasteiger partial charge is 0.248 e. The molecule has 1 N–H and O–H groups in total. The van der Waals surface area contributed by atoms with Crippen LogP contribution in [0.5, 0.6) is 11.5 Å². The molecule has 0 bridgehead atoms. The Kier molecular flexibility index (Phi) is 7.03. The molecule has 1 amide bonds. The molecule has 0 aliphatic carbocycles. The normalized spacial score (nSPS) is 10.8. The molecule has 0 unspecified atom stereocenters. The molecule has 2 rings (SSSR count). The van der Waals surface area contributed by atoms with Gasteiger partial charge in [-0.3, -0.25) is 9.48 Å². The predicted octanol–water partition coefficient (Wildman–Crippen LogP) is 2.59. The summed E-state index contributed by atoms with van der Waals surface area (Å²) >= 11 is 0. The van der Waals surface area contributed by atoms with Gasteiger partial charge in [-0.15, -0.1) is 0 Å². The van der Waals surface area contributed by atoms with E-state index in [0.717, 1.165) is 5.56 Å². The molecule has 7 nitrogen and oxygen atoms in total. The fraction of sp³-hybridized carbons (Fsp3) is 0.333. The first-order valence-corrected chi connectivity index (χ1v) is 7.97. The number of methoxy groups -OCH3 is 2. The number of nitrogens with zero attached hydrogens (tertiary/aromatic N) is 2. The van der Waals surface area contributed by atoms with E-state index < -0.39 is 0 Å². The van der Waals surface area contributed by atoms with Gasteiger partial charge in [0.2, 0.25) is 5.91 Å². The number of carbonyl (C=O) groups excluding carboxylic acids is 1. The minimum atomic E-state index is -0.236. The number of ether oxygens (including phenoxy) is 3. The molecule has 1 aromatic carbocycles. The van der Waals surface area contributed by atoms with Gasteiger partial charge in [-0.25, -0.2) is 0 Å². The summed E-state index contributed by atoms with van der Waals surface area (Å²) in [6, 6.07) is 5.49. The highest BCUT2D eigenvalue weighted by molar-refractivity contribution is 6.01. The lowest BCUT2D eigenvalue weighted by molar-refractivity contribution is -0.111. The Balaban J connectivity index is 1.97. The number of carbonyl (C=O) groups is 1. The standard InChI is InChI=1S/C18H23N3O4/c1-4-25-17-11-14(5-7-16(17)24-3)6-8-18(22)20-15-12-19-21(13-15)9-10-23-2/h5-8,11-13H,4,9-10H2,1-3H3,(H,20,22). The van der Waals surface area contributed by atoms with Crippen molar-refractivity contribution in [3.63, 3.8) is 0 Å². The second-order valence-corrected chi connectivity index (χ2v) is 5.15. The maximum Gasteiger partial charge on any atom is 0.248 e. The zero-order valence-corrected chi connectivity index (χ0v) is 14.7. The number of benzene rings is 1. The minimum absolute atomic E-state index is 0.236. The van der Waals surface area contributed by atoms with Gasteiger partial charge in [0.15, 0.2) is 11.5 Å². The summed E-state index contributed by atoms with van der Waals surface area (Å²) < 4.78 is 17.5. The first kappa shape index (κ1) is 18.5. The Morgan fingerprint density at radius 3 is 2.88 bits per heavy atom. The van der Waals surface area contributed by atoms with E-state index in [2.05, 4.69) is 10.4 Å². The van der Waals surface area contributed by atoms with Gasteiger partial charge in [0.25, 0.3) is 0 Å². The van der Waals surface area contributed by atoms with Gasteiger partial charge >= 0.3 is 0 Å². The summed E-state index contributed by atoms with van der Waals surface area (Å²) in [5.74, 6) is 1.07. The molecular weight excluding hydrogens is 322 g/mol. The number of aromatic nitrogens is 2. The number of rotatable bonds is 9. The Morgan fingerprint density at radius 2 is 2.16 bits per heavy atom. The molecule has 25 heavy (non-hydrogen) atoms. The molecule has 0 spiro atoms. The van der Waals surface area contributed by atoms with Gasteiger partial charge in [-0.2, -0.15) is 5.10 Å². The molecule has 0 aliphatic heterocycles. The second-order valence-electron chi connectivity index (χ2n) is 5.15. The summed E-state index contributed by atoms with van der Waals surface area (Å²) in [4.78, 5) is 12.0. The van der Waals surface area contributed by atoms with Crippen LogP contribution >= 0.6 is 0 Å². The molecule has 0 saturated carbocycles. The van der Waals surface area contributed by atoms with E-state index in [-0.39, 0.29) is 5.91 Å². The van der Waals surface area contributed by atoms with Crippen LogP contribution in [0.25, 0.3) is 6.08 Å². The van der Waals surface area contributed by atoms with Crippen LogP contribution in [0.3, 0.4) is 0 Å². The maximum absolute atomic E-state index is 12.0. The van der Waals surface area contributed by atoms with E-state index in [4.69, 9.17) is 14.2 Å². The van der Waals surface area contributed by atoms with Gasteiger partial charge in [-0.05, 0) is 30.7 Å². The molecule has 1 aromatic heterocycles. The average Bonchev–Trinajstić information content (AvgIpc) is 3.06. The number of hydrogen-bond acceptors (Lipinski definition) is 5. The quantitative estimate of drug-likeness (QED) is 0.707. The summed E-state index contributed by atoms with van der Waals surface area (Å²) in [6.07, 6.45) is 6.53. The molecule has 1 heterocycles. The van der Waals surface area contributed by atoms with E-state index in [1.54, 1.807) is 37.4 Å². The molecular formula is C18H23N3O4. The summed E-state index contributed by atoms with van der Waals surface area (Å²) in [5, 5.41) is 6.91. The van der Waals surface area contributed by atoms with Crippen molar-refractivity contribution in [3.05, 3.63) is 42.2 Å². The molecule has 0 radical (unpaired) electrons. The van der Waals surface area contributed by atoms with Crippen LogP contribution in [0.2, 0.25) is 0 Å². The number of hydrogen-bond donors (Lipinski definition) is 1. The van der Waals surface area contributed by atoms with Gasteiger partial charge in [0.1, 0.15) is 0 Å². The Morgan fingerprint density at radius 1 is 1.32 bits per heavy atom. The monoisotopic (exact) mass is 345 g/mol. The maximum atomic E-state index is 12.0. The third-order valence-corrected chi connectivity index (χ3v) is 3.34. The third-order valence-electron chi connectivity index (χ3n) is 3.34. The summed E-state index contributed by atoms with van der Waals surface area (Å²) in [5.41, 5.74) is 1.48. The van der Waals surface area contributed by atoms with Crippen molar-refractivity contribution in [2.75, 3.05) is 32.8 Å². The fourth-order valence-corrected chi connectivity index (χ4v) is 2.16. The Labute approximate surface area is 147 Å². The van der Waals surface area contributed by atoms with Crippen molar-refractivity contribution in [2.45, 2.75) is 13.5 Å². The minimum Gasteiger partial charge on any atom is -0.493 e. The fourth-order valence-electron chi connectivity index (χ4n) is 2.16. The van der Waals surface area contributed by atoms with Crippen LogP contribution in [0, 0.1) is 0 Å². The van der Waals surface area contributed by atoms with Crippen molar-refractivity contribution in [3.8, 4) is 11.5 Å². The van der Waals surface area contributed by atoms with Crippen LogP contribution in [-0.4, -0.2) is 43.1 Å². The van der Waals surface area contributed by atoms with Gasteiger partial charge in [-0.1, -0.05) is 6.07 Å². The molecule has 0 fully saturated rings. The van der Waals surface area contributed by atoms with Crippen LogP contribution in [0.1, 0.15) is 12.5 Å². The predicted molar refractivity (Wildman–Crippen MR) is 95.9 cm³/mol. The number of nitrogens with one attached hydrogen (secondary N) is 1. The van der Waals surface area contributed by atoms with Crippen molar-refractivity contribution in [1.29, 1.82) is 0 Å². The van der Waals surface area contributed by atoms with Gasteiger partial charge in [0.05, 0.1) is 38.8 Å². The van der Waals surface area contributed by atoms with E-state index in [0.29, 0.717) is 36.9 Å². The zero-order chi connectivity index (χ0) is 18.1. The summed E-state index contributed by atoms with van der Waals surface area (Å²) in [7, 11) is 3.22. The van der Waals surface area contributed by atoms with Gasteiger partial charge < -0.3 is 19.5 Å². The highest BCUT2D eigenvalue weighted by atomic mass is 16.5. The molecule has 7 heteroatoms. The number of anilines is 1. The second kappa shape index (κ2) is 9.48. The molecule has 2 aromatic rings. The highest BCUT2D eigenvalue weighted by Crippen LogP contribution is 2.28. The number of amides is 1. The van der Waals surface area contributed by atoms with Crippen molar-refractivity contribution in [1.82, 2.24) is 9.78 Å². The Bertz CT molecular complexity index is 725. The van der Waals surface area contributed by atoms with E-state index in [9.17, 15) is 4.79 Å². The third kappa shape index (κ3) is 5.65. The zero-order valence-electron chi connectivity index (χ0n) is 14.7. The average molecular weight is 345 g/mol. The van der Waals surface area contributed by atoms with E-state index in [1.165, 1.54) is 6.08 Å². The first-order chi connectivity index (χ1) is 12.2. The molecule has 0 aliphatic rings. The van der Waals surface area contributed by atoms with E-state index in [1.807, 2.05) is 25.1 Å². The SMILES string of the molecule is CCOc1cc(C=CC(=O)Nc2cnn(CCOC)c2)ccc1OC. The van der Waals surface area contributed by atoms with Crippen LogP contribution in [-0.2, 0) is 16.1 Å². The first-order valence-electron chi connectivity index (χ1n) is 7.97. The van der Waals surface area contributed by atoms with Crippen molar-refractivity contribution < 1.29 is 19.0 Å². The molecule has 134 valence electrons.